The fraction of sp³-hybridized carbons (Fsp3) is 0.706. The molecule has 1 N–H and O–H groups in total. The van der Waals surface area contributed by atoms with E-state index >= 15 is 0 Å². The van der Waals surface area contributed by atoms with Crippen molar-refractivity contribution >= 4 is 0 Å². The highest BCUT2D eigenvalue weighted by molar-refractivity contribution is 5.10. The van der Waals surface area contributed by atoms with Crippen LogP contribution in [0.25, 0.3) is 0 Å². The van der Waals surface area contributed by atoms with Gasteiger partial charge in [-0.2, -0.15) is 0 Å². The van der Waals surface area contributed by atoms with Crippen molar-refractivity contribution in [1.29, 1.82) is 0 Å². The molecule has 0 aliphatic carbocycles. The smallest absolute Gasteiger partial charge is 0.0547 e. The predicted octanol–water partition coefficient (Wildman–Crippen LogP) is 3.38. The van der Waals surface area contributed by atoms with Crippen molar-refractivity contribution in [3.8, 4) is 0 Å². The molecule has 0 aliphatic heterocycles. The summed E-state index contributed by atoms with van der Waals surface area (Å²) in [7, 11) is 2.22. The van der Waals surface area contributed by atoms with Gasteiger partial charge in [0.25, 0.3) is 0 Å². The van der Waals surface area contributed by atoms with Gasteiger partial charge in [0.05, 0.1) is 5.69 Å². The third-order valence-corrected chi connectivity index (χ3v) is 3.87. The molecule has 20 heavy (non-hydrogen) atoms. The van der Waals surface area contributed by atoms with Gasteiger partial charge in [0, 0.05) is 24.3 Å². The van der Waals surface area contributed by atoms with Crippen LogP contribution in [-0.4, -0.2) is 35.6 Å². The molecule has 0 aliphatic rings. The van der Waals surface area contributed by atoms with E-state index in [1.165, 1.54) is 19.3 Å². The van der Waals surface area contributed by atoms with Crippen molar-refractivity contribution in [3.63, 3.8) is 0 Å². The van der Waals surface area contributed by atoms with E-state index in [0.29, 0.717) is 12.1 Å². The van der Waals surface area contributed by atoms with Crippen LogP contribution in [0.15, 0.2) is 18.2 Å². The first-order valence-electron chi connectivity index (χ1n) is 7.98. The summed E-state index contributed by atoms with van der Waals surface area (Å²) in [6.45, 7) is 10.8. The normalized spacial score (nSPS) is 14.5. The standard InChI is InChI=1S/C17H31N3/c1-6-10-16(18-8-3)17(7-2)20(5)13-15-12-9-11-14(4)19-15/h9,11-12,16-18H,6-8,10,13H2,1-5H3. The summed E-state index contributed by atoms with van der Waals surface area (Å²) in [5, 5.41) is 3.65. The number of pyridine rings is 1. The van der Waals surface area contributed by atoms with Gasteiger partial charge in [-0.15, -0.1) is 0 Å². The first-order chi connectivity index (χ1) is 9.62. The fourth-order valence-corrected chi connectivity index (χ4v) is 2.97. The minimum absolute atomic E-state index is 0.567. The molecule has 0 bridgehead atoms. The minimum atomic E-state index is 0.567. The summed E-state index contributed by atoms with van der Waals surface area (Å²) in [5.41, 5.74) is 2.26. The van der Waals surface area contributed by atoms with Crippen LogP contribution in [0.2, 0.25) is 0 Å². The van der Waals surface area contributed by atoms with Gasteiger partial charge in [-0.3, -0.25) is 9.88 Å². The second-order valence-corrected chi connectivity index (χ2v) is 5.61. The molecule has 0 aromatic carbocycles. The monoisotopic (exact) mass is 277 g/mol. The van der Waals surface area contributed by atoms with Crippen LogP contribution in [0.1, 0.15) is 51.4 Å². The molecule has 3 nitrogen and oxygen atoms in total. The maximum Gasteiger partial charge on any atom is 0.0547 e. The van der Waals surface area contributed by atoms with Gasteiger partial charge in [-0.1, -0.05) is 33.3 Å². The van der Waals surface area contributed by atoms with Crippen molar-refractivity contribution in [3.05, 3.63) is 29.6 Å². The number of rotatable bonds is 9. The molecule has 0 saturated heterocycles. The first-order valence-corrected chi connectivity index (χ1v) is 7.98. The number of nitrogens with one attached hydrogen (secondary N) is 1. The lowest BCUT2D eigenvalue weighted by molar-refractivity contribution is 0.171. The molecule has 0 radical (unpaired) electrons. The Labute approximate surface area is 124 Å². The van der Waals surface area contributed by atoms with E-state index in [2.05, 4.69) is 68.1 Å². The van der Waals surface area contributed by atoms with Crippen LogP contribution in [-0.2, 0) is 6.54 Å². The molecule has 3 heteroatoms. The Balaban J connectivity index is 2.71. The Morgan fingerprint density at radius 3 is 2.55 bits per heavy atom. The molecule has 1 aromatic heterocycles. The van der Waals surface area contributed by atoms with E-state index in [1.54, 1.807) is 0 Å². The van der Waals surface area contributed by atoms with Crippen LogP contribution in [0.4, 0.5) is 0 Å². The van der Waals surface area contributed by atoms with Crippen molar-refractivity contribution in [2.24, 2.45) is 0 Å². The van der Waals surface area contributed by atoms with E-state index in [0.717, 1.165) is 24.5 Å². The average molecular weight is 277 g/mol. The maximum absolute atomic E-state index is 4.62. The molecule has 0 amide bonds. The van der Waals surface area contributed by atoms with E-state index in [-0.39, 0.29) is 0 Å². The molecule has 0 spiro atoms. The predicted molar refractivity (Wildman–Crippen MR) is 86.9 cm³/mol. The summed E-state index contributed by atoms with van der Waals surface area (Å²) in [6, 6.07) is 7.42. The van der Waals surface area contributed by atoms with E-state index in [4.69, 9.17) is 0 Å². The molecule has 114 valence electrons. The second kappa shape index (κ2) is 9.09. The number of aromatic nitrogens is 1. The summed E-state index contributed by atoms with van der Waals surface area (Å²) >= 11 is 0. The number of likely N-dealkylation sites (N-methyl/N-ethyl adjacent to an activating group) is 2. The Kier molecular flexibility index (Phi) is 7.78. The zero-order chi connectivity index (χ0) is 15.0. The summed E-state index contributed by atoms with van der Waals surface area (Å²) in [4.78, 5) is 7.07. The quantitative estimate of drug-likeness (QED) is 0.750. The second-order valence-electron chi connectivity index (χ2n) is 5.61. The molecule has 2 unspecified atom stereocenters. The lowest BCUT2D eigenvalue weighted by Crippen LogP contribution is -2.48. The van der Waals surface area contributed by atoms with Crippen molar-refractivity contribution in [2.75, 3.05) is 13.6 Å². The number of aryl methyl sites for hydroxylation is 1. The zero-order valence-corrected chi connectivity index (χ0v) is 13.8. The highest BCUT2D eigenvalue weighted by atomic mass is 15.2. The van der Waals surface area contributed by atoms with Gasteiger partial charge in [-0.25, -0.2) is 0 Å². The van der Waals surface area contributed by atoms with E-state index in [1.807, 2.05) is 0 Å². The van der Waals surface area contributed by atoms with Gasteiger partial charge >= 0.3 is 0 Å². The van der Waals surface area contributed by atoms with Crippen LogP contribution in [0.5, 0.6) is 0 Å². The zero-order valence-electron chi connectivity index (χ0n) is 13.8. The van der Waals surface area contributed by atoms with E-state index in [9.17, 15) is 0 Å². The highest BCUT2D eigenvalue weighted by Gasteiger charge is 2.22. The number of nitrogens with zero attached hydrogens (tertiary/aromatic N) is 2. The highest BCUT2D eigenvalue weighted by Crippen LogP contribution is 2.15. The molecule has 0 fully saturated rings. The molecular weight excluding hydrogens is 246 g/mol. The Hall–Kier alpha value is -0.930. The molecule has 2 atom stereocenters. The number of hydrogen-bond acceptors (Lipinski definition) is 3. The summed E-state index contributed by atoms with van der Waals surface area (Å²) in [6.07, 6.45) is 3.63. The SMILES string of the molecule is CCCC(NCC)C(CC)N(C)Cc1cccc(C)n1. The molecule has 1 rings (SSSR count). The molecule has 1 aromatic rings. The summed E-state index contributed by atoms with van der Waals surface area (Å²) in [5.74, 6) is 0. The van der Waals surface area contributed by atoms with Gasteiger partial charge in [-0.05, 0) is 45.5 Å². The average Bonchev–Trinajstić information content (AvgIpc) is 2.40. The third kappa shape index (κ3) is 5.22. The maximum atomic E-state index is 4.62. The van der Waals surface area contributed by atoms with Crippen LogP contribution < -0.4 is 5.32 Å². The molecular formula is C17H31N3. The molecule has 0 saturated carbocycles. The topological polar surface area (TPSA) is 28.2 Å². The molecule has 1 heterocycles. The Morgan fingerprint density at radius 1 is 1.25 bits per heavy atom. The third-order valence-electron chi connectivity index (χ3n) is 3.87. The van der Waals surface area contributed by atoms with Crippen molar-refractivity contribution in [1.82, 2.24) is 15.2 Å². The van der Waals surface area contributed by atoms with E-state index < -0.39 is 0 Å². The van der Waals surface area contributed by atoms with Gasteiger partial charge in [0.2, 0.25) is 0 Å². The first kappa shape index (κ1) is 17.1. The summed E-state index contributed by atoms with van der Waals surface area (Å²) < 4.78 is 0. The lowest BCUT2D eigenvalue weighted by atomic mass is 9.99. The van der Waals surface area contributed by atoms with Crippen LogP contribution in [0.3, 0.4) is 0 Å². The Bertz CT molecular complexity index is 372. The van der Waals surface area contributed by atoms with Crippen molar-refractivity contribution in [2.45, 2.75) is 65.6 Å². The van der Waals surface area contributed by atoms with Gasteiger partial charge in [0.1, 0.15) is 0 Å². The fourth-order valence-electron chi connectivity index (χ4n) is 2.97. The lowest BCUT2D eigenvalue weighted by Gasteiger charge is -2.34. The minimum Gasteiger partial charge on any atom is -0.313 e. The van der Waals surface area contributed by atoms with Gasteiger partial charge in [0.15, 0.2) is 0 Å². The number of hydrogen-bond donors (Lipinski definition) is 1. The largest absolute Gasteiger partial charge is 0.313 e. The van der Waals surface area contributed by atoms with Gasteiger partial charge < -0.3 is 5.32 Å². The van der Waals surface area contributed by atoms with Crippen LogP contribution >= 0.6 is 0 Å². The van der Waals surface area contributed by atoms with Crippen molar-refractivity contribution < 1.29 is 0 Å². The van der Waals surface area contributed by atoms with Crippen LogP contribution in [0, 0.1) is 6.92 Å². The Morgan fingerprint density at radius 2 is 2.00 bits per heavy atom.